The smallest absolute Gasteiger partial charge is 0.233 e. The Morgan fingerprint density at radius 2 is 2.08 bits per heavy atom. The predicted octanol–water partition coefficient (Wildman–Crippen LogP) is 1.63. The summed E-state index contributed by atoms with van der Waals surface area (Å²) in [5, 5.41) is 9.57. The van der Waals surface area contributed by atoms with Gasteiger partial charge in [-0.25, -0.2) is 0 Å². The summed E-state index contributed by atoms with van der Waals surface area (Å²) in [6, 6.07) is 6.69. The molecule has 25 heavy (non-hydrogen) atoms. The van der Waals surface area contributed by atoms with Crippen LogP contribution in [0.4, 0.5) is 0 Å². The Balaban J connectivity index is 1.78. The van der Waals surface area contributed by atoms with Gasteiger partial charge in [0.1, 0.15) is 0 Å². The molecule has 0 aromatic heterocycles. The molecule has 0 radical (unpaired) electrons. The van der Waals surface area contributed by atoms with Gasteiger partial charge in [0.15, 0.2) is 5.96 Å². The standard InChI is InChI=1S/C18H28BrN5O/c1-13-10-15(19)5-4-14(13)11-22-18(21-3)23-16-6-8-24(9-7-16)12-17(25)20-2/h4-5,10,16H,6-9,11-12H2,1-3H3,(H,20,25)(H2,21,22,23). The molecule has 1 aromatic rings. The fraction of sp³-hybridized carbons (Fsp3) is 0.556. The van der Waals surface area contributed by atoms with E-state index in [-0.39, 0.29) is 5.91 Å². The van der Waals surface area contributed by atoms with Crippen molar-refractivity contribution in [2.24, 2.45) is 4.99 Å². The minimum Gasteiger partial charge on any atom is -0.358 e. The van der Waals surface area contributed by atoms with Crippen molar-refractivity contribution in [2.45, 2.75) is 32.4 Å². The van der Waals surface area contributed by atoms with Gasteiger partial charge >= 0.3 is 0 Å². The number of likely N-dealkylation sites (N-methyl/N-ethyl adjacent to an activating group) is 1. The van der Waals surface area contributed by atoms with E-state index in [0.717, 1.165) is 42.9 Å². The molecule has 1 heterocycles. The van der Waals surface area contributed by atoms with E-state index in [1.165, 1.54) is 11.1 Å². The number of amides is 1. The second kappa shape index (κ2) is 9.77. The van der Waals surface area contributed by atoms with Gasteiger partial charge in [-0.2, -0.15) is 0 Å². The number of nitrogens with one attached hydrogen (secondary N) is 3. The molecule has 6 nitrogen and oxygen atoms in total. The number of hydrogen-bond donors (Lipinski definition) is 3. The second-order valence-corrected chi connectivity index (χ2v) is 7.28. The van der Waals surface area contributed by atoms with Crippen LogP contribution in [-0.2, 0) is 11.3 Å². The number of guanidine groups is 1. The second-order valence-electron chi connectivity index (χ2n) is 6.36. The highest BCUT2D eigenvalue weighted by atomic mass is 79.9. The highest BCUT2D eigenvalue weighted by molar-refractivity contribution is 9.10. The van der Waals surface area contributed by atoms with Crippen LogP contribution >= 0.6 is 15.9 Å². The van der Waals surface area contributed by atoms with E-state index >= 15 is 0 Å². The lowest BCUT2D eigenvalue weighted by Crippen LogP contribution is -2.49. The molecule has 1 aromatic carbocycles. The van der Waals surface area contributed by atoms with Gasteiger partial charge in [-0.3, -0.25) is 14.7 Å². The Labute approximate surface area is 158 Å². The summed E-state index contributed by atoms with van der Waals surface area (Å²) in [4.78, 5) is 18.0. The highest BCUT2D eigenvalue weighted by Gasteiger charge is 2.21. The van der Waals surface area contributed by atoms with E-state index in [1.807, 2.05) is 0 Å². The minimum absolute atomic E-state index is 0.0775. The number of aliphatic imine (C=N–C) groups is 1. The van der Waals surface area contributed by atoms with Crippen LogP contribution in [0.2, 0.25) is 0 Å². The summed E-state index contributed by atoms with van der Waals surface area (Å²) in [7, 11) is 3.48. The van der Waals surface area contributed by atoms with Crippen LogP contribution in [0.15, 0.2) is 27.7 Å². The zero-order valence-corrected chi connectivity index (χ0v) is 16.8. The summed E-state index contributed by atoms with van der Waals surface area (Å²) >= 11 is 3.49. The molecule has 1 aliphatic rings. The number of likely N-dealkylation sites (tertiary alicyclic amines) is 1. The number of carbonyl (C=O) groups excluding carboxylic acids is 1. The van der Waals surface area contributed by atoms with Gasteiger partial charge in [0.25, 0.3) is 0 Å². The Hall–Kier alpha value is -1.60. The van der Waals surface area contributed by atoms with Crippen LogP contribution in [0.1, 0.15) is 24.0 Å². The third-order valence-electron chi connectivity index (χ3n) is 4.55. The van der Waals surface area contributed by atoms with Gasteiger partial charge in [-0.15, -0.1) is 0 Å². The highest BCUT2D eigenvalue weighted by Crippen LogP contribution is 2.15. The number of carbonyl (C=O) groups is 1. The van der Waals surface area contributed by atoms with E-state index in [1.54, 1.807) is 14.1 Å². The zero-order valence-electron chi connectivity index (χ0n) is 15.2. The molecule has 1 aliphatic heterocycles. The lowest BCUT2D eigenvalue weighted by Gasteiger charge is -2.32. The average Bonchev–Trinajstić information content (AvgIpc) is 2.61. The van der Waals surface area contributed by atoms with Gasteiger partial charge in [0.05, 0.1) is 6.54 Å². The Morgan fingerprint density at radius 3 is 2.68 bits per heavy atom. The first-order valence-corrected chi connectivity index (χ1v) is 9.46. The summed E-state index contributed by atoms with van der Waals surface area (Å²) < 4.78 is 1.10. The number of benzene rings is 1. The summed E-state index contributed by atoms with van der Waals surface area (Å²) in [6.45, 7) is 5.19. The molecule has 1 saturated heterocycles. The quantitative estimate of drug-likeness (QED) is 0.510. The third kappa shape index (κ3) is 6.32. The van der Waals surface area contributed by atoms with Gasteiger partial charge < -0.3 is 16.0 Å². The molecule has 0 spiro atoms. The molecule has 0 atom stereocenters. The van der Waals surface area contributed by atoms with Crippen molar-refractivity contribution in [1.29, 1.82) is 0 Å². The number of hydrogen-bond acceptors (Lipinski definition) is 3. The van der Waals surface area contributed by atoms with Crippen LogP contribution in [-0.4, -0.2) is 56.5 Å². The normalized spacial score (nSPS) is 16.6. The number of piperidine rings is 1. The maximum Gasteiger partial charge on any atom is 0.233 e. The zero-order chi connectivity index (χ0) is 18.2. The van der Waals surface area contributed by atoms with Crippen LogP contribution in [0, 0.1) is 6.92 Å². The molecule has 1 fully saturated rings. The molecule has 2 rings (SSSR count). The molecule has 1 amide bonds. The fourth-order valence-electron chi connectivity index (χ4n) is 2.94. The van der Waals surface area contributed by atoms with E-state index in [9.17, 15) is 4.79 Å². The van der Waals surface area contributed by atoms with Gasteiger partial charge in [0, 0.05) is 44.2 Å². The lowest BCUT2D eigenvalue weighted by atomic mass is 10.1. The topological polar surface area (TPSA) is 68.8 Å². The molecular formula is C18H28BrN5O. The molecule has 3 N–H and O–H groups in total. The van der Waals surface area contributed by atoms with Crippen molar-refractivity contribution in [2.75, 3.05) is 33.7 Å². The number of rotatable bonds is 5. The summed E-state index contributed by atoms with van der Waals surface area (Å²) in [5.41, 5.74) is 2.51. The predicted molar refractivity (Wildman–Crippen MR) is 106 cm³/mol. The molecule has 138 valence electrons. The van der Waals surface area contributed by atoms with E-state index in [4.69, 9.17) is 0 Å². The third-order valence-corrected chi connectivity index (χ3v) is 5.04. The van der Waals surface area contributed by atoms with Crippen molar-refractivity contribution in [3.05, 3.63) is 33.8 Å². The van der Waals surface area contributed by atoms with Crippen LogP contribution in [0.5, 0.6) is 0 Å². The molecule has 0 aliphatic carbocycles. The van der Waals surface area contributed by atoms with Crippen molar-refractivity contribution in [3.8, 4) is 0 Å². The Kier molecular flexibility index (Phi) is 7.71. The molecular weight excluding hydrogens is 382 g/mol. The molecule has 0 bridgehead atoms. The van der Waals surface area contributed by atoms with Crippen LogP contribution in [0.3, 0.4) is 0 Å². The van der Waals surface area contributed by atoms with Crippen LogP contribution in [0.25, 0.3) is 0 Å². The summed E-state index contributed by atoms with van der Waals surface area (Å²) in [5.74, 6) is 0.904. The van der Waals surface area contributed by atoms with E-state index in [2.05, 4.69) is 66.9 Å². The Morgan fingerprint density at radius 1 is 1.36 bits per heavy atom. The maximum absolute atomic E-state index is 11.5. The number of aryl methyl sites for hydroxylation is 1. The Bertz CT molecular complexity index is 611. The molecule has 0 saturated carbocycles. The van der Waals surface area contributed by atoms with E-state index < -0.39 is 0 Å². The summed E-state index contributed by atoms with van der Waals surface area (Å²) in [6.07, 6.45) is 2.02. The number of halogens is 1. The fourth-order valence-corrected chi connectivity index (χ4v) is 3.42. The average molecular weight is 410 g/mol. The SMILES string of the molecule is CN=C(NCc1ccc(Br)cc1C)NC1CCN(CC(=O)NC)CC1. The minimum atomic E-state index is 0.0775. The monoisotopic (exact) mass is 409 g/mol. The van der Waals surface area contributed by atoms with Crippen molar-refractivity contribution in [3.63, 3.8) is 0 Å². The van der Waals surface area contributed by atoms with Crippen molar-refractivity contribution >= 4 is 27.8 Å². The molecule has 0 unspecified atom stereocenters. The van der Waals surface area contributed by atoms with Crippen molar-refractivity contribution < 1.29 is 4.79 Å². The number of nitrogens with zero attached hydrogens (tertiary/aromatic N) is 2. The van der Waals surface area contributed by atoms with Gasteiger partial charge in [-0.1, -0.05) is 22.0 Å². The van der Waals surface area contributed by atoms with Crippen LogP contribution < -0.4 is 16.0 Å². The first kappa shape index (κ1) is 19.7. The first-order valence-electron chi connectivity index (χ1n) is 8.67. The van der Waals surface area contributed by atoms with E-state index in [0.29, 0.717) is 12.6 Å². The van der Waals surface area contributed by atoms with Gasteiger partial charge in [-0.05, 0) is 43.0 Å². The van der Waals surface area contributed by atoms with Gasteiger partial charge in [0.2, 0.25) is 5.91 Å². The lowest BCUT2D eigenvalue weighted by molar-refractivity contribution is -0.122. The molecule has 7 heteroatoms. The van der Waals surface area contributed by atoms with Crippen molar-refractivity contribution in [1.82, 2.24) is 20.9 Å². The largest absolute Gasteiger partial charge is 0.358 e. The first-order chi connectivity index (χ1) is 12.0. The maximum atomic E-state index is 11.5.